The zero-order chi connectivity index (χ0) is 12.8. The highest BCUT2D eigenvalue weighted by atomic mass is 32.1. The lowest BCUT2D eigenvalue weighted by Crippen LogP contribution is -2.32. The fourth-order valence-corrected chi connectivity index (χ4v) is 2.69. The van der Waals surface area contributed by atoms with Crippen molar-refractivity contribution in [2.24, 2.45) is 0 Å². The number of nitrogens with one attached hydrogen (secondary N) is 1. The van der Waals surface area contributed by atoms with E-state index in [1.165, 1.54) is 0 Å². The first kappa shape index (κ1) is 13.6. The SMILES string of the molecule is Cc1nc(CC(=O)CCOC2CCNCC2)cs1. The summed E-state index contributed by atoms with van der Waals surface area (Å²) in [5.74, 6) is 0.217. The first-order chi connectivity index (χ1) is 8.74. The third kappa shape index (κ3) is 4.48. The predicted molar refractivity (Wildman–Crippen MR) is 72.0 cm³/mol. The average Bonchev–Trinajstić information content (AvgIpc) is 2.76. The van der Waals surface area contributed by atoms with Gasteiger partial charge in [-0.15, -0.1) is 11.3 Å². The number of piperidine rings is 1. The van der Waals surface area contributed by atoms with Gasteiger partial charge in [-0.2, -0.15) is 0 Å². The molecule has 1 N–H and O–H groups in total. The molecule has 1 fully saturated rings. The number of aromatic nitrogens is 1. The van der Waals surface area contributed by atoms with Gasteiger partial charge in [0.15, 0.2) is 0 Å². The summed E-state index contributed by atoms with van der Waals surface area (Å²) in [5, 5.41) is 6.27. The smallest absolute Gasteiger partial charge is 0.141 e. The molecule has 0 aliphatic carbocycles. The Hall–Kier alpha value is -0.780. The highest BCUT2D eigenvalue weighted by Gasteiger charge is 2.14. The number of nitrogens with zero attached hydrogens (tertiary/aromatic N) is 1. The van der Waals surface area contributed by atoms with E-state index < -0.39 is 0 Å². The van der Waals surface area contributed by atoms with Crippen molar-refractivity contribution >= 4 is 17.1 Å². The number of carbonyl (C=O) groups is 1. The van der Waals surface area contributed by atoms with Gasteiger partial charge in [-0.1, -0.05) is 0 Å². The van der Waals surface area contributed by atoms with Crippen molar-refractivity contribution in [3.63, 3.8) is 0 Å². The Balaban J connectivity index is 1.62. The van der Waals surface area contributed by atoms with Crippen LogP contribution in [0.15, 0.2) is 5.38 Å². The quantitative estimate of drug-likeness (QED) is 0.853. The molecule has 18 heavy (non-hydrogen) atoms. The van der Waals surface area contributed by atoms with E-state index >= 15 is 0 Å². The summed E-state index contributed by atoms with van der Waals surface area (Å²) in [5.41, 5.74) is 0.893. The van der Waals surface area contributed by atoms with Crippen molar-refractivity contribution < 1.29 is 9.53 Å². The highest BCUT2D eigenvalue weighted by Crippen LogP contribution is 2.10. The number of thiazole rings is 1. The van der Waals surface area contributed by atoms with Crippen LogP contribution in [0, 0.1) is 6.92 Å². The zero-order valence-electron chi connectivity index (χ0n) is 10.8. The van der Waals surface area contributed by atoms with Crippen LogP contribution in [0.25, 0.3) is 0 Å². The highest BCUT2D eigenvalue weighted by molar-refractivity contribution is 7.09. The first-order valence-corrected chi connectivity index (χ1v) is 7.37. The van der Waals surface area contributed by atoms with Crippen molar-refractivity contribution in [2.45, 2.75) is 38.7 Å². The van der Waals surface area contributed by atoms with Crippen LogP contribution in [0.3, 0.4) is 0 Å². The Kier molecular flexibility index (Phi) is 5.28. The van der Waals surface area contributed by atoms with E-state index in [0.717, 1.165) is 36.6 Å². The summed E-state index contributed by atoms with van der Waals surface area (Å²) >= 11 is 1.59. The molecule has 1 saturated heterocycles. The minimum Gasteiger partial charge on any atom is -0.378 e. The topological polar surface area (TPSA) is 51.2 Å². The van der Waals surface area contributed by atoms with Crippen molar-refractivity contribution in [1.29, 1.82) is 0 Å². The van der Waals surface area contributed by atoms with Gasteiger partial charge in [-0.3, -0.25) is 4.79 Å². The molecule has 0 unspecified atom stereocenters. The van der Waals surface area contributed by atoms with Crippen molar-refractivity contribution in [2.75, 3.05) is 19.7 Å². The molecule has 0 atom stereocenters. The molecular weight excluding hydrogens is 248 g/mol. The molecule has 1 aliphatic rings. The second kappa shape index (κ2) is 6.97. The maximum absolute atomic E-state index is 11.7. The average molecular weight is 268 g/mol. The van der Waals surface area contributed by atoms with E-state index in [4.69, 9.17) is 4.74 Å². The summed E-state index contributed by atoms with van der Waals surface area (Å²) in [6.07, 6.45) is 3.39. The van der Waals surface area contributed by atoms with Gasteiger partial charge >= 0.3 is 0 Å². The number of hydrogen-bond donors (Lipinski definition) is 1. The fraction of sp³-hybridized carbons (Fsp3) is 0.692. The van der Waals surface area contributed by atoms with Crippen molar-refractivity contribution in [3.05, 3.63) is 16.1 Å². The molecule has 4 nitrogen and oxygen atoms in total. The summed E-state index contributed by atoms with van der Waals surface area (Å²) in [6, 6.07) is 0. The van der Waals surface area contributed by atoms with E-state index in [-0.39, 0.29) is 5.78 Å². The largest absolute Gasteiger partial charge is 0.378 e. The molecule has 1 aromatic heterocycles. The molecule has 0 amide bonds. The number of rotatable bonds is 6. The van der Waals surface area contributed by atoms with E-state index in [9.17, 15) is 4.79 Å². The summed E-state index contributed by atoms with van der Waals surface area (Å²) < 4.78 is 5.72. The Morgan fingerprint density at radius 3 is 3.00 bits per heavy atom. The third-order valence-corrected chi connectivity index (χ3v) is 3.89. The molecule has 0 aromatic carbocycles. The predicted octanol–water partition coefficient (Wildman–Crippen LogP) is 1.72. The Bertz CT molecular complexity index is 386. The Morgan fingerprint density at radius 1 is 1.56 bits per heavy atom. The standard InChI is InChI=1S/C13H20N2O2S/c1-10-15-11(9-18-10)8-12(16)4-7-17-13-2-5-14-6-3-13/h9,13-14H,2-8H2,1H3. The van der Waals surface area contributed by atoms with Crippen molar-refractivity contribution in [3.8, 4) is 0 Å². The third-order valence-electron chi connectivity index (χ3n) is 3.07. The normalized spacial score (nSPS) is 16.9. The molecule has 1 aromatic rings. The number of hydrogen-bond acceptors (Lipinski definition) is 5. The molecule has 5 heteroatoms. The minimum absolute atomic E-state index is 0.217. The number of carbonyl (C=O) groups excluding carboxylic acids is 1. The monoisotopic (exact) mass is 268 g/mol. The van der Waals surface area contributed by atoms with E-state index in [1.807, 2.05) is 12.3 Å². The molecular formula is C13H20N2O2S. The second-order valence-electron chi connectivity index (χ2n) is 4.64. The number of ether oxygens (including phenoxy) is 1. The molecule has 2 rings (SSSR count). The zero-order valence-corrected chi connectivity index (χ0v) is 11.6. The van der Waals surface area contributed by atoms with Gasteiger partial charge in [-0.25, -0.2) is 4.98 Å². The molecule has 100 valence electrons. The van der Waals surface area contributed by atoms with Crippen LogP contribution in [0.5, 0.6) is 0 Å². The second-order valence-corrected chi connectivity index (χ2v) is 5.71. The molecule has 1 aliphatic heterocycles. The molecule has 0 saturated carbocycles. The van der Waals surface area contributed by atoms with Gasteiger partial charge < -0.3 is 10.1 Å². The molecule has 0 spiro atoms. The summed E-state index contributed by atoms with van der Waals surface area (Å²) in [4.78, 5) is 16.0. The molecule has 2 heterocycles. The van der Waals surface area contributed by atoms with Crippen LogP contribution in [0.2, 0.25) is 0 Å². The van der Waals surface area contributed by atoms with Crippen LogP contribution < -0.4 is 5.32 Å². The van der Waals surface area contributed by atoms with Gasteiger partial charge in [0.25, 0.3) is 0 Å². The lowest BCUT2D eigenvalue weighted by Gasteiger charge is -2.22. The number of Topliss-reactive ketones (excluding diaryl/α,β-unsaturated/α-hetero) is 1. The number of aryl methyl sites for hydroxylation is 1. The summed E-state index contributed by atoms with van der Waals surface area (Å²) in [6.45, 7) is 4.55. The van der Waals surface area contributed by atoms with Crippen LogP contribution in [0.4, 0.5) is 0 Å². The Morgan fingerprint density at radius 2 is 2.33 bits per heavy atom. The van der Waals surface area contributed by atoms with E-state index in [0.29, 0.717) is 25.6 Å². The fourth-order valence-electron chi connectivity index (χ4n) is 2.08. The van der Waals surface area contributed by atoms with E-state index in [1.54, 1.807) is 11.3 Å². The van der Waals surface area contributed by atoms with Gasteiger partial charge in [-0.05, 0) is 32.9 Å². The maximum Gasteiger partial charge on any atom is 0.141 e. The molecule has 0 radical (unpaired) electrons. The van der Waals surface area contributed by atoms with Crippen LogP contribution in [-0.4, -0.2) is 36.6 Å². The van der Waals surface area contributed by atoms with Crippen LogP contribution >= 0.6 is 11.3 Å². The first-order valence-electron chi connectivity index (χ1n) is 6.49. The van der Waals surface area contributed by atoms with Crippen molar-refractivity contribution in [1.82, 2.24) is 10.3 Å². The van der Waals surface area contributed by atoms with Gasteiger partial charge in [0.2, 0.25) is 0 Å². The molecule has 0 bridgehead atoms. The number of ketones is 1. The van der Waals surface area contributed by atoms with Crippen LogP contribution in [-0.2, 0) is 16.0 Å². The lowest BCUT2D eigenvalue weighted by atomic mass is 10.1. The van der Waals surface area contributed by atoms with Gasteiger partial charge in [0.1, 0.15) is 5.78 Å². The van der Waals surface area contributed by atoms with Gasteiger partial charge in [0, 0.05) is 18.2 Å². The van der Waals surface area contributed by atoms with E-state index in [2.05, 4.69) is 10.3 Å². The van der Waals surface area contributed by atoms with Gasteiger partial charge in [0.05, 0.1) is 23.4 Å². The van der Waals surface area contributed by atoms with Crippen LogP contribution in [0.1, 0.15) is 30.0 Å². The maximum atomic E-state index is 11.7. The lowest BCUT2D eigenvalue weighted by molar-refractivity contribution is -0.120. The minimum atomic E-state index is 0.217. The Labute approximate surface area is 112 Å². The summed E-state index contributed by atoms with van der Waals surface area (Å²) in [7, 11) is 0.